The maximum Gasteiger partial charge on any atom is 0.243 e. The molecule has 1 heterocycles. The molecule has 0 aromatic heterocycles. The van der Waals surface area contributed by atoms with Gasteiger partial charge in [0.1, 0.15) is 17.2 Å². The Morgan fingerprint density at radius 3 is 2.10 bits per heavy atom. The number of carbonyl (C=O) groups excluding carboxylic acids is 1. The first-order chi connectivity index (χ1) is 14.9. The van der Waals surface area contributed by atoms with Crippen molar-refractivity contribution >= 4 is 21.6 Å². The third-order valence-corrected chi connectivity index (χ3v) is 6.99. The van der Waals surface area contributed by atoms with E-state index in [1.54, 1.807) is 37.4 Å². The fourth-order valence-corrected chi connectivity index (χ4v) is 4.74. The van der Waals surface area contributed by atoms with Crippen molar-refractivity contribution in [1.82, 2.24) is 9.21 Å². The molecule has 1 fully saturated rings. The second-order valence-corrected chi connectivity index (χ2v) is 8.91. The predicted molar refractivity (Wildman–Crippen MR) is 116 cm³/mol. The smallest absolute Gasteiger partial charge is 0.243 e. The number of rotatable bonds is 8. The minimum Gasteiger partial charge on any atom is -0.497 e. The first-order valence-electron chi connectivity index (χ1n) is 9.76. The van der Waals surface area contributed by atoms with E-state index in [9.17, 15) is 13.2 Å². The summed E-state index contributed by atoms with van der Waals surface area (Å²) in [5, 5.41) is 2.83. The lowest BCUT2D eigenvalue weighted by Gasteiger charge is -2.33. The van der Waals surface area contributed by atoms with E-state index in [1.165, 1.54) is 30.7 Å². The molecule has 0 spiro atoms. The summed E-state index contributed by atoms with van der Waals surface area (Å²) in [4.78, 5) is 14.6. The van der Waals surface area contributed by atoms with Crippen LogP contribution in [-0.2, 0) is 14.8 Å². The number of benzene rings is 2. The number of nitrogens with zero attached hydrogens (tertiary/aromatic N) is 2. The van der Waals surface area contributed by atoms with Crippen molar-refractivity contribution in [3.63, 3.8) is 0 Å². The van der Waals surface area contributed by atoms with Gasteiger partial charge in [-0.25, -0.2) is 8.42 Å². The maximum atomic E-state index is 12.8. The van der Waals surface area contributed by atoms with Crippen molar-refractivity contribution in [3.8, 4) is 17.2 Å². The fourth-order valence-electron chi connectivity index (χ4n) is 3.32. The molecule has 2 aromatic rings. The van der Waals surface area contributed by atoms with Crippen LogP contribution in [0.5, 0.6) is 17.2 Å². The second kappa shape index (κ2) is 9.99. The molecule has 3 rings (SSSR count). The summed E-state index contributed by atoms with van der Waals surface area (Å²) in [7, 11) is 1.03. The number of sulfonamides is 1. The van der Waals surface area contributed by atoms with E-state index in [0.29, 0.717) is 49.1 Å². The molecule has 1 aliphatic heterocycles. The molecular formula is C21H27N3O6S. The quantitative estimate of drug-likeness (QED) is 0.655. The van der Waals surface area contributed by atoms with E-state index < -0.39 is 10.0 Å². The Balaban J connectivity index is 1.55. The number of anilines is 1. The van der Waals surface area contributed by atoms with E-state index in [4.69, 9.17) is 14.2 Å². The molecule has 1 saturated heterocycles. The van der Waals surface area contributed by atoms with Gasteiger partial charge in [0.15, 0.2) is 0 Å². The summed E-state index contributed by atoms with van der Waals surface area (Å²) < 4.78 is 42.7. The van der Waals surface area contributed by atoms with E-state index in [0.717, 1.165) is 0 Å². The predicted octanol–water partition coefficient (Wildman–Crippen LogP) is 1.66. The second-order valence-electron chi connectivity index (χ2n) is 6.97. The van der Waals surface area contributed by atoms with Gasteiger partial charge in [0.05, 0.1) is 38.5 Å². The van der Waals surface area contributed by atoms with Crippen LogP contribution in [-0.4, -0.2) is 77.6 Å². The summed E-state index contributed by atoms with van der Waals surface area (Å²) >= 11 is 0. The highest BCUT2D eigenvalue weighted by Crippen LogP contribution is 2.29. The third-order valence-electron chi connectivity index (χ3n) is 5.08. The minimum atomic E-state index is -3.58. The van der Waals surface area contributed by atoms with E-state index in [2.05, 4.69) is 5.32 Å². The summed E-state index contributed by atoms with van der Waals surface area (Å²) in [6.45, 7) is 1.71. The molecule has 2 aromatic carbocycles. The number of hydrogen-bond acceptors (Lipinski definition) is 7. The minimum absolute atomic E-state index is 0.158. The number of carbonyl (C=O) groups is 1. The summed E-state index contributed by atoms with van der Waals surface area (Å²) in [6.07, 6.45) is 0. The number of amides is 1. The number of piperazine rings is 1. The molecular weight excluding hydrogens is 422 g/mol. The van der Waals surface area contributed by atoms with Crippen LogP contribution >= 0.6 is 0 Å². The molecule has 9 nitrogen and oxygen atoms in total. The standard InChI is InChI=1S/C21H27N3O6S/c1-28-16-4-7-18(8-5-16)31(26,27)24-12-10-23(11-13-24)15-21(25)22-19-9-6-17(29-2)14-20(19)30-3/h4-9,14H,10-13,15H2,1-3H3,(H,22,25). The van der Waals surface area contributed by atoms with E-state index in [1.807, 2.05) is 4.90 Å². The van der Waals surface area contributed by atoms with Crippen molar-refractivity contribution in [2.45, 2.75) is 4.90 Å². The summed E-state index contributed by atoms with van der Waals surface area (Å²) in [5.74, 6) is 1.53. The lowest BCUT2D eigenvalue weighted by Crippen LogP contribution is -2.50. The number of methoxy groups -OCH3 is 3. The molecule has 168 valence electrons. The largest absolute Gasteiger partial charge is 0.497 e. The van der Waals surface area contributed by atoms with Crippen molar-refractivity contribution in [2.75, 3.05) is 59.4 Å². The van der Waals surface area contributed by atoms with Crippen molar-refractivity contribution in [2.24, 2.45) is 0 Å². The van der Waals surface area contributed by atoms with Gasteiger partial charge in [-0.2, -0.15) is 4.31 Å². The van der Waals surface area contributed by atoms with Crippen LogP contribution in [0.15, 0.2) is 47.4 Å². The van der Waals surface area contributed by atoms with Gasteiger partial charge in [-0.3, -0.25) is 9.69 Å². The van der Waals surface area contributed by atoms with Crippen LogP contribution in [0.25, 0.3) is 0 Å². The molecule has 0 radical (unpaired) electrons. The molecule has 0 bridgehead atoms. The highest BCUT2D eigenvalue weighted by atomic mass is 32.2. The zero-order chi connectivity index (χ0) is 22.4. The van der Waals surface area contributed by atoms with E-state index in [-0.39, 0.29) is 17.3 Å². The van der Waals surface area contributed by atoms with Crippen LogP contribution < -0.4 is 19.5 Å². The molecule has 31 heavy (non-hydrogen) atoms. The van der Waals surface area contributed by atoms with Gasteiger partial charge in [0.25, 0.3) is 0 Å². The molecule has 1 aliphatic rings. The van der Waals surface area contributed by atoms with Crippen LogP contribution in [0.2, 0.25) is 0 Å². The van der Waals surface area contributed by atoms with Gasteiger partial charge in [-0.1, -0.05) is 0 Å². The fraction of sp³-hybridized carbons (Fsp3) is 0.381. The molecule has 0 aliphatic carbocycles. The normalized spacial score (nSPS) is 15.3. The number of ether oxygens (including phenoxy) is 3. The van der Waals surface area contributed by atoms with Gasteiger partial charge >= 0.3 is 0 Å². The zero-order valence-electron chi connectivity index (χ0n) is 17.8. The number of nitrogens with one attached hydrogen (secondary N) is 1. The Morgan fingerprint density at radius 1 is 0.903 bits per heavy atom. The van der Waals surface area contributed by atoms with Crippen LogP contribution in [0.4, 0.5) is 5.69 Å². The highest BCUT2D eigenvalue weighted by Gasteiger charge is 2.29. The maximum absolute atomic E-state index is 12.8. The molecule has 1 amide bonds. The van der Waals surface area contributed by atoms with Crippen molar-refractivity contribution in [3.05, 3.63) is 42.5 Å². The molecule has 0 saturated carbocycles. The van der Waals surface area contributed by atoms with Crippen molar-refractivity contribution in [1.29, 1.82) is 0 Å². The Hall–Kier alpha value is -2.82. The van der Waals surface area contributed by atoms with Gasteiger partial charge in [-0.05, 0) is 36.4 Å². The van der Waals surface area contributed by atoms with Crippen LogP contribution in [0, 0.1) is 0 Å². The Kier molecular flexibility index (Phi) is 7.37. The first-order valence-corrected chi connectivity index (χ1v) is 11.2. The topological polar surface area (TPSA) is 97.4 Å². The van der Waals surface area contributed by atoms with Gasteiger partial charge in [0.2, 0.25) is 15.9 Å². The summed E-state index contributed by atoms with van der Waals surface area (Å²) in [5.41, 5.74) is 0.550. The van der Waals surface area contributed by atoms with Gasteiger partial charge < -0.3 is 19.5 Å². The molecule has 1 N–H and O–H groups in total. The monoisotopic (exact) mass is 449 g/mol. The van der Waals surface area contributed by atoms with Gasteiger partial charge in [-0.15, -0.1) is 0 Å². The summed E-state index contributed by atoms with van der Waals surface area (Å²) in [6, 6.07) is 11.5. The SMILES string of the molecule is COc1ccc(S(=O)(=O)N2CCN(CC(=O)Nc3ccc(OC)cc3OC)CC2)cc1. The highest BCUT2D eigenvalue weighted by molar-refractivity contribution is 7.89. The van der Waals surface area contributed by atoms with Crippen LogP contribution in [0.3, 0.4) is 0 Å². The van der Waals surface area contributed by atoms with Crippen LogP contribution in [0.1, 0.15) is 0 Å². The lowest BCUT2D eigenvalue weighted by molar-refractivity contribution is -0.117. The lowest BCUT2D eigenvalue weighted by atomic mass is 10.2. The molecule has 0 atom stereocenters. The van der Waals surface area contributed by atoms with Gasteiger partial charge in [0, 0.05) is 32.2 Å². The Labute approximate surface area is 182 Å². The number of hydrogen-bond donors (Lipinski definition) is 1. The Bertz CT molecular complexity index is 1000. The Morgan fingerprint density at radius 2 is 1.52 bits per heavy atom. The van der Waals surface area contributed by atoms with Crippen molar-refractivity contribution < 1.29 is 27.4 Å². The average Bonchev–Trinajstić information content (AvgIpc) is 2.79. The molecule has 10 heteroatoms. The zero-order valence-corrected chi connectivity index (χ0v) is 18.6. The van der Waals surface area contributed by atoms with E-state index >= 15 is 0 Å². The first kappa shape index (κ1) is 22.9. The average molecular weight is 450 g/mol. The molecule has 0 unspecified atom stereocenters. The third kappa shape index (κ3) is 5.46.